The summed E-state index contributed by atoms with van der Waals surface area (Å²) in [5.41, 5.74) is 0. The van der Waals surface area contributed by atoms with Gasteiger partial charge in [-0.25, -0.2) is 0 Å². The van der Waals surface area contributed by atoms with Crippen molar-refractivity contribution in [1.29, 1.82) is 0 Å². The molecule has 0 aliphatic carbocycles. The molecule has 0 saturated carbocycles. The molecule has 0 aromatic rings. The summed E-state index contributed by atoms with van der Waals surface area (Å²) >= 11 is 0. The maximum atomic E-state index is 9.85. The van der Waals surface area contributed by atoms with E-state index in [2.05, 4.69) is 17.1 Å². The Morgan fingerprint density at radius 1 is 1.70 bits per heavy atom. The van der Waals surface area contributed by atoms with Gasteiger partial charge >= 0.3 is 0 Å². The van der Waals surface area contributed by atoms with Crippen LogP contribution in [-0.4, -0.2) is 37.0 Å². The van der Waals surface area contributed by atoms with Crippen molar-refractivity contribution < 1.29 is 4.79 Å². The zero-order valence-electron chi connectivity index (χ0n) is 6.34. The predicted molar refractivity (Wildman–Crippen MR) is 39.7 cm³/mol. The van der Waals surface area contributed by atoms with Crippen LogP contribution in [0.1, 0.15) is 13.3 Å². The van der Waals surface area contributed by atoms with Crippen LogP contribution in [0.5, 0.6) is 0 Å². The molecule has 1 atom stereocenters. The molecule has 1 saturated heterocycles. The molecular weight excluding hydrogens is 128 g/mol. The number of rotatable bonds is 5. The zero-order chi connectivity index (χ0) is 7.40. The van der Waals surface area contributed by atoms with Crippen LogP contribution in [0.4, 0.5) is 0 Å². The Kier molecular flexibility index (Phi) is 2.68. The lowest BCUT2D eigenvalue weighted by molar-refractivity contribution is -0.109. The molecule has 0 spiro atoms. The molecule has 1 N–H and O–H groups in total. The van der Waals surface area contributed by atoms with E-state index in [4.69, 9.17) is 0 Å². The van der Waals surface area contributed by atoms with Crippen molar-refractivity contribution in [2.75, 3.05) is 19.6 Å². The van der Waals surface area contributed by atoms with Crippen molar-refractivity contribution in [2.24, 2.45) is 0 Å². The van der Waals surface area contributed by atoms with Crippen molar-refractivity contribution in [2.45, 2.75) is 19.4 Å². The van der Waals surface area contributed by atoms with Crippen molar-refractivity contribution in [3.63, 3.8) is 0 Å². The lowest BCUT2D eigenvalue weighted by Gasteiger charge is -2.10. The molecule has 1 aliphatic heterocycles. The maximum Gasteiger partial charge on any atom is 0.207 e. The molecule has 10 heavy (non-hydrogen) atoms. The number of hydrogen-bond acceptors (Lipinski definition) is 2. The molecule has 1 heterocycles. The van der Waals surface area contributed by atoms with E-state index in [1.165, 1.54) is 13.1 Å². The Morgan fingerprint density at radius 3 is 2.90 bits per heavy atom. The molecular formula is C7H14N2O. The minimum Gasteiger partial charge on any atom is -0.359 e. The summed E-state index contributed by atoms with van der Waals surface area (Å²) in [4.78, 5) is 12.2. The third kappa shape index (κ3) is 2.35. The monoisotopic (exact) mass is 142 g/mol. The molecule has 0 bridgehead atoms. The van der Waals surface area contributed by atoms with Crippen molar-refractivity contribution in [1.82, 2.24) is 10.2 Å². The molecule has 1 fully saturated rings. The summed E-state index contributed by atoms with van der Waals surface area (Å²) < 4.78 is 0. The van der Waals surface area contributed by atoms with Crippen LogP contribution in [0, 0.1) is 0 Å². The molecule has 0 aromatic carbocycles. The molecule has 3 nitrogen and oxygen atoms in total. The Labute approximate surface area is 61.4 Å². The fourth-order valence-corrected chi connectivity index (χ4v) is 1.03. The van der Waals surface area contributed by atoms with Crippen LogP contribution in [0.25, 0.3) is 0 Å². The highest BCUT2D eigenvalue weighted by atomic mass is 16.1. The van der Waals surface area contributed by atoms with E-state index in [9.17, 15) is 4.79 Å². The lowest BCUT2D eigenvalue weighted by atomic mass is 10.2. The molecule has 1 aliphatic rings. The van der Waals surface area contributed by atoms with Crippen molar-refractivity contribution >= 4 is 6.41 Å². The number of nitrogens with one attached hydrogen (secondary N) is 1. The molecule has 3 heteroatoms. The van der Waals surface area contributed by atoms with E-state index in [-0.39, 0.29) is 0 Å². The van der Waals surface area contributed by atoms with E-state index in [0.717, 1.165) is 19.4 Å². The normalized spacial score (nSPS) is 20.1. The summed E-state index contributed by atoms with van der Waals surface area (Å²) in [6.07, 6.45) is 1.83. The second kappa shape index (κ2) is 3.56. The van der Waals surface area contributed by atoms with Crippen LogP contribution in [0.3, 0.4) is 0 Å². The number of carbonyl (C=O) groups excluding carboxylic acids is 1. The summed E-state index contributed by atoms with van der Waals surface area (Å²) in [7, 11) is 0. The Morgan fingerprint density at radius 2 is 2.40 bits per heavy atom. The number of carbonyl (C=O) groups is 1. The summed E-state index contributed by atoms with van der Waals surface area (Å²) in [6.45, 7) is 5.48. The van der Waals surface area contributed by atoms with Gasteiger partial charge in [-0.3, -0.25) is 9.69 Å². The molecule has 0 aromatic heterocycles. The van der Waals surface area contributed by atoms with Gasteiger partial charge in [0.1, 0.15) is 0 Å². The first-order chi connectivity index (χ1) is 4.84. The minimum atomic E-state index is 0.646. The second-order valence-corrected chi connectivity index (χ2v) is 2.75. The Bertz CT molecular complexity index is 112. The first-order valence-corrected chi connectivity index (χ1v) is 3.75. The lowest BCUT2D eigenvalue weighted by Crippen LogP contribution is -2.22. The molecule has 1 amide bonds. The third-order valence-corrected chi connectivity index (χ3v) is 1.89. The molecule has 0 radical (unpaired) electrons. The SMILES string of the molecule is CC(CCNC=O)N1CC1. The standard InChI is InChI=1S/C7H14N2O/c1-7(9-4-5-9)2-3-8-6-10/h6-7H,2-5H2,1H3,(H,8,10). The van der Waals surface area contributed by atoms with Crippen LogP contribution < -0.4 is 5.32 Å². The number of amides is 1. The number of nitrogens with zero attached hydrogens (tertiary/aromatic N) is 1. The average molecular weight is 142 g/mol. The number of hydrogen-bond donors (Lipinski definition) is 1. The van der Waals surface area contributed by atoms with E-state index in [0.29, 0.717) is 6.04 Å². The molecule has 1 rings (SSSR count). The van der Waals surface area contributed by atoms with Crippen LogP contribution in [0.2, 0.25) is 0 Å². The highest BCUT2D eigenvalue weighted by Crippen LogP contribution is 2.11. The van der Waals surface area contributed by atoms with Gasteiger partial charge < -0.3 is 5.32 Å². The van der Waals surface area contributed by atoms with E-state index in [1.54, 1.807) is 0 Å². The second-order valence-electron chi connectivity index (χ2n) is 2.75. The molecule has 1 unspecified atom stereocenters. The zero-order valence-corrected chi connectivity index (χ0v) is 6.34. The van der Waals surface area contributed by atoms with Crippen molar-refractivity contribution in [3.05, 3.63) is 0 Å². The largest absolute Gasteiger partial charge is 0.359 e. The maximum absolute atomic E-state index is 9.85. The summed E-state index contributed by atoms with van der Waals surface area (Å²) in [6, 6.07) is 0.646. The predicted octanol–water partition coefficient (Wildman–Crippen LogP) is -0.173. The van der Waals surface area contributed by atoms with Crippen LogP contribution in [-0.2, 0) is 4.79 Å². The van der Waals surface area contributed by atoms with Gasteiger partial charge in [0.25, 0.3) is 0 Å². The van der Waals surface area contributed by atoms with Crippen molar-refractivity contribution in [3.8, 4) is 0 Å². The van der Waals surface area contributed by atoms with Gasteiger partial charge in [0, 0.05) is 25.7 Å². The van der Waals surface area contributed by atoms with Gasteiger partial charge in [0.05, 0.1) is 0 Å². The first-order valence-electron chi connectivity index (χ1n) is 3.75. The van der Waals surface area contributed by atoms with E-state index in [1.807, 2.05) is 0 Å². The third-order valence-electron chi connectivity index (χ3n) is 1.89. The van der Waals surface area contributed by atoms with Gasteiger partial charge in [-0.05, 0) is 13.3 Å². The molecule has 58 valence electrons. The fourth-order valence-electron chi connectivity index (χ4n) is 1.03. The van der Waals surface area contributed by atoms with Gasteiger partial charge in [-0.15, -0.1) is 0 Å². The Balaban J connectivity index is 1.95. The topological polar surface area (TPSA) is 32.1 Å². The fraction of sp³-hybridized carbons (Fsp3) is 0.857. The van der Waals surface area contributed by atoms with Gasteiger partial charge in [-0.1, -0.05) is 0 Å². The van der Waals surface area contributed by atoms with E-state index < -0.39 is 0 Å². The van der Waals surface area contributed by atoms with Gasteiger partial charge in [0.2, 0.25) is 6.41 Å². The van der Waals surface area contributed by atoms with E-state index >= 15 is 0 Å². The summed E-state index contributed by atoms with van der Waals surface area (Å²) in [5, 5.41) is 2.65. The smallest absolute Gasteiger partial charge is 0.207 e. The van der Waals surface area contributed by atoms with Gasteiger partial charge in [-0.2, -0.15) is 0 Å². The first kappa shape index (κ1) is 7.54. The quantitative estimate of drug-likeness (QED) is 0.328. The highest BCUT2D eigenvalue weighted by Gasteiger charge is 2.22. The van der Waals surface area contributed by atoms with Crippen LogP contribution >= 0.6 is 0 Å². The Hall–Kier alpha value is -0.570. The highest BCUT2D eigenvalue weighted by molar-refractivity contribution is 5.45. The average Bonchev–Trinajstić information content (AvgIpc) is 2.69. The van der Waals surface area contributed by atoms with Crippen LogP contribution in [0.15, 0.2) is 0 Å². The van der Waals surface area contributed by atoms with Gasteiger partial charge in [0.15, 0.2) is 0 Å². The minimum absolute atomic E-state index is 0.646. The summed E-state index contributed by atoms with van der Waals surface area (Å²) in [5.74, 6) is 0.